The highest BCUT2D eigenvalue weighted by molar-refractivity contribution is 5.78. The predicted octanol–water partition coefficient (Wildman–Crippen LogP) is 2.44. The number of piperidine rings is 1. The zero-order chi connectivity index (χ0) is 16.4. The number of likely N-dealkylation sites (tertiary alicyclic amines) is 1. The fourth-order valence-electron chi connectivity index (χ4n) is 4.22. The molecule has 3 rings (SSSR count). The first kappa shape index (κ1) is 16.0. The number of rotatable bonds is 6. The van der Waals surface area contributed by atoms with Gasteiger partial charge in [-0.3, -0.25) is 9.59 Å². The van der Waals surface area contributed by atoms with Crippen LogP contribution in [0.15, 0.2) is 10.2 Å². The molecular formula is C17H23N3O3. The molecule has 1 saturated heterocycles. The molecule has 3 unspecified atom stereocenters. The van der Waals surface area contributed by atoms with E-state index in [0.29, 0.717) is 38.6 Å². The molecule has 2 heterocycles. The summed E-state index contributed by atoms with van der Waals surface area (Å²) >= 11 is 0. The summed E-state index contributed by atoms with van der Waals surface area (Å²) in [5.74, 6) is 1.82. The van der Waals surface area contributed by atoms with Gasteiger partial charge in [-0.1, -0.05) is 6.42 Å². The molecule has 0 radical (unpaired) electrons. The maximum atomic E-state index is 12.6. The molecule has 0 aromatic heterocycles. The van der Waals surface area contributed by atoms with Crippen LogP contribution in [0.4, 0.5) is 0 Å². The van der Waals surface area contributed by atoms with Gasteiger partial charge in [-0.15, -0.1) is 12.3 Å². The second-order valence-corrected chi connectivity index (χ2v) is 6.87. The third-order valence-electron chi connectivity index (χ3n) is 5.56. The minimum Gasteiger partial charge on any atom is -0.481 e. The Morgan fingerprint density at radius 1 is 1.26 bits per heavy atom. The maximum absolute atomic E-state index is 12.6. The number of carboxylic acid groups (broad SMARTS) is 1. The van der Waals surface area contributed by atoms with Gasteiger partial charge in [0.05, 0.1) is 5.92 Å². The Morgan fingerprint density at radius 3 is 2.70 bits per heavy atom. The number of hydrogen-bond donors (Lipinski definition) is 1. The van der Waals surface area contributed by atoms with Crippen LogP contribution in [0, 0.1) is 24.2 Å². The van der Waals surface area contributed by atoms with E-state index in [2.05, 4.69) is 16.1 Å². The molecule has 0 aromatic rings. The van der Waals surface area contributed by atoms with E-state index < -0.39 is 11.6 Å². The van der Waals surface area contributed by atoms with Gasteiger partial charge in [-0.2, -0.15) is 10.2 Å². The predicted molar refractivity (Wildman–Crippen MR) is 83.5 cm³/mol. The normalized spacial score (nSPS) is 30.6. The van der Waals surface area contributed by atoms with E-state index in [4.69, 9.17) is 6.42 Å². The van der Waals surface area contributed by atoms with Crippen molar-refractivity contribution in [3.05, 3.63) is 0 Å². The SMILES string of the molecule is C#CCCC1(CCC(=O)N2CCC(C(=O)O)C3CCCC32)N=N1. The molecule has 0 spiro atoms. The van der Waals surface area contributed by atoms with Crippen LogP contribution in [0.3, 0.4) is 0 Å². The molecule has 1 amide bonds. The Hall–Kier alpha value is -1.90. The first-order chi connectivity index (χ1) is 11.1. The van der Waals surface area contributed by atoms with Crippen LogP contribution in [-0.2, 0) is 9.59 Å². The van der Waals surface area contributed by atoms with Gasteiger partial charge >= 0.3 is 5.97 Å². The lowest BCUT2D eigenvalue weighted by atomic mass is 9.81. The molecule has 6 heteroatoms. The van der Waals surface area contributed by atoms with E-state index >= 15 is 0 Å². The third-order valence-corrected chi connectivity index (χ3v) is 5.56. The third kappa shape index (κ3) is 3.24. The molecule has 0 bridgehead atoms. The van der Waals surface area contributed by atoms with Gasteiger partial charge in [-0.05, 0) is 25.2 Å². The van der Waals surface area contributed by atoms with E-state index in [0.717, 1.165) is 19.3 Å². The van der Waals surface area contributed by atoms with Crippen LogP contribution < -0.4 is 0 Å². The quantitative estimate of drug-likeness (QED) is 0.764. The summed E-state index contributed by atoms with van der Waals surface area (Å²) in [5, 5.41) is 17.5. The molecule has 3 atom stereocenters. The summed E-state index contributed by atoms with van der Waals surface area (Å²) in [6.07, 6.45) is 11.1. The summed E-state index contributed by atoms with van der Waals surface area (Å²) in [6, 6.07) is 0.104. The smallest absolute Gasteiger partial charge is 0.306 e. The van der Waals surface area contributed by atoms with Gasteiger partial charge in [0.2, 0.25) is 5.91 Å². The molecule has 1 N–H and O–H groups in total. The monoisotopic (exact) mass is 317 g/mol. The molecule has 1 aliphatic carbocycles. The zero-order valence-electron chi connectivity index (χ0n) is 13.3. The summed E-state index contributed by atoms with van der Waals surface area (Å²) in [6.45, 7) is 0.558. The lowest BCUT2D eigenvalue weighted by molar-refractivity contribution is -0.151. The number of amides is 1. The minimum atomic E-state index is -0.710. The number of aliphatic carboxylic acids is 1. The van der Waals surface area contributed by atoms with Gasteiger partial charge < -0.3 is 10.0 Å². The van der Waals surface area contributed by atoms with E-state index in [-0.39, 0.29) is 23.8 Å². The lowest BCUT2D eigenvalue weighted by Crippen LogP contribution is -2.51. The average Bonchev–Trinajstić information content (AvgIpc) is 3.14. The largest absolute Gasteiger partial charge is 0.481 e. The molecule has 0 aromatic carbocycles. The first-order valence-corrected chi connectivity index (χ1v) is 8.46. The summed E-state index contributed by atoms with van der Waals surface area (Å²) in [4.78, 5) is 25.9. The van der Waals surface area contributed by atoms with Crippen molar-refractivity contribution in [3.8, 4) is 12.3 Å². The minimum absolute atomic E-state index is 0.104. The highest BCUT2D eigenvalue weighted by Crippen LogP contribution is 2.42. The molecular weight excluding hydrogens is 294 g/mol. The molecule has 2 aliphatic heterocycles. The van der Waals surface area contributed by atoms with Crippen molar-refractivity contribution in [2.24, 2.45) is 22.1 Å². The summed E-state index contributed by atoms with van der Waals surface area (Å²) in [5.41, 5.74) is -0.420. The van der Waals surface area contributed by atoms with Gasteiger partial charge in [0.15, 0.2) is 5.66 Å². The van der Waals surface area contributed by atoms with Crippen LogP contribution in [-0.4, -0.2) is 40.1 Å². The number of carboxylic acids is 1. The highest BCUT2D eigenvalue weighted by atomic mass is 16.4. The Bertz CT molecular complexity index is 560. The Morgan fingerprint density at radius 2 is 2.04 bits per heavy atom. The van der Waals surface area contributed by atoms with Gasteiger partial charge in [0, 0.05) is 38.3 Å². The lowest BCUT2D eigenvalue weighted by Gasteiger charge is -2.41. The van der Waals surface area contributed by atoms with Crippen molar-refractivity contribution < 1.29 is 14.7 Å². The molecule has 6 nitrogen and oxygen atoms in total. The van der Waals surface area contributed by atoms with Crippen molar-refractivity contribution in [2.45, 2.75) is 63.1 Å². The van der Waals surface area contributed by atoms with Crippen molar-refractivity contribution >= 4 is 11.9 Å². The van der Waals surface area contributed by atoms with E-state index in [1.165, 1.54) is 0 Å². The topological polar surface area (TPSA) is 82.3 Å². The first-order valence-electron chi connectivity index (χ1n) is 8.46. The van der Waals surface area contributed by atoms with Crippen molar-refractivity contribution in [3.63, 3.8) is 0 Å². The van der Waals surface area contributed by atoms with Crippen LogP contribution in [0.1, 0.15) is 51.4 Å². The summed E-state index contributed by atoms with van der Waals surface area (Å²) in [7, 11) is 0. The standard InChI is InChI=1S/C17H23N3O3/c1-2-3-9-17(18-19-17)10-7-15(21)20-11-8-13(16(22)23)12-5-4-6-14(12)20/h1,12-14H,3-11H2,(H,22,23). The fraction of sp³-hybridized carbons (Fsp3) is 0.765. The van der Waals surface area contributed by atoms with E-state index in [1.807, 2.05) is 4.90 Å². The van der Waals surface area contributed by atoms with Crippen molar-refractivity contribution in [2.75, 3.05) is 6.54 Å². The van der Waals surface area contributed by atoms with Crippen molar-refractivity contribution in [1.29, 1.82) is 0 Å². The fourth-order valence-corrected chi connectivity index (χ4v) is 4.22. The molecule has 2 fully saturated rings. The molecule has 1 saturated carbocycles. The second-order valence-electron chi connectivity index (χ2n) is 6.87. The number of carbonyl (C=O) groups is 2. The Labute approximate surface area is 136 Å². The van der Waals surface area contributed by atoms with E-state index in [1.54, 1.807) is 0 Å². The number of terminal acetylenes is 1. The average molecular weight is 317 g/mol. The van der Waals surface area contributed by atoms with Gasteiger partial charge in [0.1, 0.15) is 0 Å². The Kier molecular flexibility index (Phi) is 4.38. The van der Waals surface area contributed by atoms with Crippen LogP contribution in [0.5, 0.6) is 0 Å². The molecule has 124 valence electrons. The van der Waals surface area contributed by atoms with Gasteiger partial charge in [0.25, 0.3) is 0 Å². The van der Waals surface area contributed by atoms with Crippen molar-refractivity contribution in [1.82, 2.24) is 4.90 Å². The number of carbonyl (C=O) groups excluding carboxylic acids is 1. The Balaban J connectivity index is 1.56. The molecule has 3 aliphatic rings. The number of nitrogens with zero attached hydrogens (tertiary/aromatic N) is 3. The van der Waals surface area contributed by atoms with Crippen LogP contribution in [0.25, 0.3) is 0 Å². The van der Waals surface area contributed by atoms with E-state index in [9.17, 15) is 14.7 Å². The summed E-state index contributed by atoms with van der Waals surface area (Å²) < 4.78 is 0. The van der Waals surface area contributed by atoms with Gasteiger partial charge in [-0.25, -0.2) is 0 Å². The second kappa shape index (κ2) is 6.31. The molecule has 23 heavy (non-hydrogen) atoms. The van der Waals surface area contributed by atoms with Crippen LogP contribution in [0.2, 0.25) is 0 Å². The number of fused-ring (bicyclic) bond motifs is 1. The zero-order valence-corrected chi connectivity index (χ0v) is 13.3. The highest BCUT2D eigenvalue weighted by Gasteiger charge is 2.46. The number of hydrogen-bond acceptors (Lipinski definition) is 4. The van der Waals surface area contributed by atoms with Crippen LogP contribution >= 0.6 is 0 Å². The maximum Gasteiger partial charge on any atom is 0.306 e.